The number of hydrogen-bond acceptors (Lipinski definition) is 4. The number of carboxylic acid groups (broad SMARTS) is 1. The Morgan fingerprint density at radius 3 is 2.75 bits per heavy atom. The van der Waals surface area contributed by atoms with E-state index in [4.69, 9.17) is 16.7 Å². The summed E-state index contributed by atoms with van der Waals surface area (Å²) >= 11 is 6.18. The van der Waals surface area contributed by atoms with E-state index in [2.05, 4.69) is 9.97 Å². The van der Waals surface area contributed by atoms with Gasteiger partial charge in [0, 0.05) is 17.6 Å². The van der Waals surface area contributed by atoms with E-state index >= 15 is 0 Å². The Morgan fingerprint density at radius 1 is 1.21 bits per heavy atom. The van der Waals surface area contributed by atoms with E-state index in [1.165, 1.54) is 4.57 Å². The van der Waals surface area contributed by atoms with Crippen LogP contribution in [0.1, 0.15) is 17.8 Å². The van der Waals surface area contributed by atoms with Crippen molar-refractivity contribution < 1.29 is 9.90 Å². The molecule has 0 bridgehead atoms. The number of aliphatic carboxylic acids is 1. The van der Waals surface area contributed by atoms with Gasteiger partial charge in [0.2, 0.25) is 0 Å². The van der Waals surface area contributed by atoms with Crippen molar-refractivity contribution in [1.29, 1.82) is 0 Å². The Labute approximate surface area is 142 Å². The molecule has 0 saturated heterocycles. The van der Waals surface area contributed by atoms with Crippen LogP contribution in [0.25, 0.3) is 11.0 Å². The van der Waals surface area contributed by atoms with E-state index < -0.39 is 5.97 Å². The Bertz CT molecular complexity index is 969. The van der Waals surface area contributed by atoms with Crippen LogP contribution < -0.4 is 5.56 Å². The number of halogens is 1. The molecule has 0 fully saturated rings. The maximum Gasteiger partial charge on any atom is 0.303 e. The maximum absolute atomic E-state index is 12.8. The van der Waals surface area contributed by atoms with Crippen LogP contribution in [0.15, 0.2) is 47.4 Å². The van der Waals surface area contributed by atoms with Crippen LogP contribution in [-0.4, -0.2) is 25.6 Å². The van der Waals surface area contributed by atoms with Gasteiger partial charge in [-0.2, -0.15) is 0 Å². The molecular formula is C17H14ClN3O3. The van der Waals surface area contributed by atoms with E-state index in [-0.39, 0.29) is 24.9 Å². The molecule has 0 aliphatic carbocycles. The van der Waals surface area contributed by atoms with E-state index in [9.17, 15) is 9.59 Å². The summed E-state index contributed by atoms with van der Waals surface area (Å²) in [6.45, 7) is 0.227. The minimum Gasteiger partial charge on any atom is -0.481 e. The molecule has 0 atom stereocenters. The van der Waals surface area contributed by atoms with Crippen molar-refractivity contribution in [2.45, 2.75) is 19.4 Å². The summed E-state index contributed by atoms with van der Waals surface area (Å²) in [5, 5.41) is 9.86. The molecule has 0 aliphatic heterocycles. The number of benzene rings is 1. The van der Waals surface area contributed by atoms with Crippen LogP contribution in [0.2, 0.25) is 5.02 Å². The third-order valence-corrected chi connectivity index (χ3v) is 4.03. The summed E-state index contributed by atoms with van der Waals surface area (Å²) in [4.78, 5) is 32.2. The summed E-state index contributed by atoms with van der Waals surface area (Å²) in [5.41, 5.74) is 0.828. The molecule has 0 amide bonds. The van der Waals surface area contributed by atoms with Gasteiger partial charge in [-0.3, -0.25) is 14.2 Å². The van der Waals surface area contributed by atoms with Crippen molar-refractivity contribution in [1.82, 2.24) is 14.5 Å². The van der Waals surface area contributed by atoms with E-state index in [0.29, 0.717) is 21.9 Å². The number of carboxylic acids is 1. The van der Waals surface area contributed by atoms with Crippen molar-refractivity contribution in [2.75, 3.05) is 0 Å². The van der Waals surface area contributed by atoms with Gasteiger partial charge in [-0.05, 0) is 23.8 Å². The van der Waals surface area contributed by atoms with Crippen molar-refractivity contribution in [2.24, 2.45) is 0 Å². The summed E-state index contributed by atoms with van der Waals surface area (Å²) in [6.07, 6.45) is 1.57. The fraction of sp³-hybridized carbons (Fsp3) is 0.176. The molecule has 0 unspecified atom stereocenters. The lowest BCUT2D eigenvalue weighted by Gasteiger charge is -2.13. The quantitative estimate of drug-likeness (QED) is 0.769. The molecule has 122 valence electrons. The summed E-state index contributed by atoms with van der Waals surface area (Å²) in [5.74, 6) is -0.566. The van der Waals surface area contributed by atoms with Crippen LogP contribution in [0.4, 0.5) is 0 Å². The molecular weight excluding hydrogens is 330 g/mol. The number of pyridine rings is 1. The van der Waals surface area contributed by atoms with Gasteiger partial charge >= 0.3 is 5.97 Å². The molecule has 7 heteroatoms. The number of carbonyl (C=O) groups is 1. The number of fused-ring (bicyclic) bond motifs is 1. The Kier molecular flexibility index (Phi) is 4.57. The molecule has 0 aliphatic rings. The summed E-state index contributed by atoms with van der Waals surface area (Å²) in [6, 6.07) is 10.5. The number of rotatable bonds is 5. The highest BCUT2D eigenvalue weighted by Crippen LogP contribution is 2.17. The predicted octanol–water partition coefficient (Wildman–Crippen LogP) is 2.51. The highest BCUT2D eigenvalue weighted by Gasteiger charge is 2.14. The normalized spacial score (nSPS) is 10.9. The van der Waals surface area contributed by atoms with Gasteiger partial charge in [-0.1, -0.05) is 29.8 Å². The monoisotopic (exact) mass is 343 g/mol. The van der Waals surface area contributed by atoms with Crippen molar-refractivity contribution in [3.8, 4) is 0 Å². The average molecular weight is 344 g/mol. The molecule has 1 N–H and O–H groups in total. The SMILES string of the molecule is O=C(O)CCc1nc2ncccc2c(=O)n1Cc1ccccc1Cl. The van der Waals surface area contributed by atoms with E-state index in [0.717, 1.165) is 5.56 Å². The standard InChI is InChI=1S/C17H14ClN3O3/c18-13-6-2-1-4-11(13)10-21-14(7-8-15(22)23)20-16-12(17(21)24)5-3-9-19-16/h1-6,9H,7-8,10H2,(H,22,23). The van der Waals surface area contributed by atoms with Crippen molar-refractivity contribution in [3.63, 3.8) is 0 Å². The fourth-order valence-corrected chi connectivity index (χ4v) is 2.66. The summed E-state index contributed by atoms with van der Waals surface area (Å²) < 4.78 is 1.47. The third kappa shape index (κ3) is 3.28. The molecule has 3 aromatic rings. The number of aromatic nitrogens is 3. The lowest BCUT2D eigenvalue weighted by molar-refractivity contribution is -0.137. The van der Waals surface area contributed by atoms with Gasteiger partial charge in [0.05, 0.1) is 18.4 Å². The molecule has 2 aromatic heterocycles. The molecule has 2 heterocycles. The van der Waals surface area contributed by atoms with Gasteiger partial charge in [-0.25, -0.2) is 9.97 Å². The molecule has 3 rings (SSSR count). The minimum atomic E-state index is -0.949. The van der Waals surface area contributed by atoms with Crippen LogP contribution >= 0.6 is 11.6 Å². The van der Waals surface area contributed by atoms with Crippen LogP contribution in [0.5, 0.6) is 0 Å². The first-order valence-electron chi connectivity index (χ1n) is 7.36. The molecule has 0 spiro atoms. The zero-order valence-electron chi connectivity index (χ0n) is 12.6. The zero-order valence-corrected chi connectivity index (χ0v) is 13.4. The first-order valence-corrected chi connectivity index (χ1v) is 7.73. The largest absolute Gasteiger partial charge is 0.481 e. The first kappa shape index (κ1) is 16.1. The van der Waals surface area contributed by atoms with Crippen molar-refractivity contribution >= 4 is 28.6 Å². The van der Waals surface area contributed by atoms with Gasteiger partial charge in [0.15, 0.2) is 5.65 Å². The number of nitrogens with zero attached hydrogens (tertiary/aromatic N) is 3. The minimum absolute atomic E-state index is 0.118. The van der Waals surface area contributed by atoms with Gasteiger partial charge < -0.3 is 5.11 Å². The van der Waals surface area contributed by atoms with E-state index in [1.807, 2.05) is 18.2 Å². The smallest absolute Gasteiger partial charge is 0.303 e. The Balaban J connectivity index is 2.14. The molecule has 6 nitrogen and oxygen atoms in total. The third-order valence-electron chi connectivity index (χ3n) is 3.66. The first-order chi connectivity index (χ1) is 11.6. The predicted molar refractivity (Wildman–Crippen MR) is 90.3 cm³/mol. The highest BCUT2D eigenvalue weighted by molar-refractivity contribution is 6.31. The topological polar surface area (TPSA) is 85.1 Å². The van der Waals surface area contributed by atoms with Crippen LogP contribution in [0.3, 0.4) is 0 Å². The van der Waals surface area contributed by atoms with Crippen LogP contribution in [0, 0.1) is 0 Å². The zero-order chi connectivity index (χ0) is 17.1. The highest BCUT2D eigenvalue weighted by atomic mass is 35.5. The Morgan fingerprint density at radius 2 is 2.00 bits per heavy atom. The lowest BCUT2D eigenvalue weighted by Crippen LogP contribution is -2.27. The molecule has 1 aromatic carbocycles. The van der Waals surface area contributed by atoms with Crippen LogP contribution in [-0.2, 0) is 17.8 Å². The molecule has 0 saturated carbocycles. The second-order valence-electron chi connectivity index (χ2n) is 5.28. The summed E-state index contributed by atoms with van der Waals surface area (Å²) in [7, 11) is 0. The van der Waals surface area contributed by atoms with Gasteiger partial charge in [-0.15, -0.1) is 0 Å². The molecule has 24 heavy (non-hydrogen) atoms. The fourth-order valence-electron chi connectivity index (χ4n) is 2.47. The second kappa shape index (κ2) is 6.80. The van der Waals surface area contributed by atoms with E-state index in [1.54, 1.807) is 24.4 Å². The van der Waals surface area contributed by atoms with Crippen molar-refractivity contribution in [3.05, 3.63) is 69.4 Å². The number of hydrogen-bond donors (Lipinski definition) is 1. The van der Waals surface area contributed by atoms with Gasteiger partial charge in [0.25, 0.3) is 5.56 Å². The Hall–Kier alpha value is -2.73. The maximum atomic E-state index is 12.8. The molecule has 0 radical (unpaired) electrons. The van der Waals surface area contributed by atoms with Gasteiger partial charge in [0.1, 0.15) is 5.82 Å². The average Bonchev–Trinajstić information content (AvgIpc) is 2.57. The number of aryl methyl sites for hydroxylation is 1. The lowest BCUT2D eigenvalue weighted by atomic mass is 10.2. The second-order valence-corrected chi connectivity index (χ2v) is 5.69.